The van der Waals surface area contributed by atoms with Gasteiger partial charge in [-0.25, -0.2) is 4.79 Å². The Hall–Kier alpha value is -0.900. The predicted molar refractivity (Wildman–Crippen MR) is 56.3 cm³/mol. The Morgan fingerprint density at radius 2 is 1.73 bits per heavy atom. The van der Waals surface area contributed by atoms with Gasteiger partial charge in [-0.1, -0.05) is 26.7 Å². The van der Waals surface area contributed by atoms with Crippen molar-refractivity contribution < 1.29 is 19.4 Å². The molecule has 0 fully saturated rings. The van der Waals surface area contributed by atoms with E-state index in [0.29, 0.717) is 12.3 Å². The highest BCUT2D eigenvalue weighted by Crippen LogP contribution is 2.14. The Balaban J connectivity index is 3.97. The lowest BCUT2D eigenvalue weighted by atomic mass is 9.95. The first-order chi connectivity index (χ1) is 7.04. The molecule has 0 bridgehead atoms. The van der Waals surface area contributed by atoms with E-state index in [2.05, 4.69) is 4.74 Å². The van der Waals surface area contributed by atoms with Crippen LogP contribution in [0.15, 0.2) is 0 Å². The third kappa shape index (κ3) is 5.52. The number of aliphatic hydroxyl groups excluding tert-OH is 1. The van der Waals surface area contributed by atoms with E-state index >= 15 is 0 Å². The summed E-state index contributed by atoms with van der Waals surface area (Å²) in [5.41, 5.74) is 0. The Bertz CT molecular complexity index is 209. The minimum Gasteiger partial charge on any atom is -0.467 e. The van der Waals surface area contributed by atoms with Gasteiger partial charge in [0.05, 0.1) is 7.11 Å². The molecule has 1 unspecified atom stereocenters. The second kappa shape index (κ2) is 7.40. The van der Waals surface area contributed by atoms with Crippen LogP contribution in [0.1, 0.15) is 39.5 Å². The molecule has 88 valence electrons. The molecule has 1 N–H and O–H groups in total. The molecule has 0 aromatic carbocycles. The maximum absolute atomic E-state index is 11.4. The van der Waals surface area contributed by atoms with E-state index < -0.39 is 12.1 Å². The van der Waals surface area contributed by atoms with Crippen molar-refractivity contribution in [1.82, 2.24) is 0 Å². The fourth-order valence-corrected chi connectivity index (χ4v) is 1.42. The third-order valence-electron chi connectivity index (χ3n) is 2.57. The Labute approximate surface area is 90.6 Å². The van der Waals surface area contributed by atoms with E-state index in [1.165, 1.54) is 7.11 Å². The lowest BCUT2D eigenvalue weighted by molar-refractivity contribution is -0.152. The van der Waals surface area contributed by atoms with Crippen molar-refractivity contribution >= 4 is 11.8 Å². The summed E-state index contributed by atoms with van der Waals surface area (Å²) in [5.74, 6) is -0.475. The van der Waals surface area contributed by atoms with Crippen LogP contribution in [0.3, 0.4) is 0 Å². The first kappa shape index (κ1) is 14.1. The number of methoxy groups -OCH3 is 1. The van der Waals surface area contributed by atoms with Crippen molar-refractivity contribution in [3.63, 3.8) is 0 Å². The molecule has 4 heteroatoms. The third-order valence-corrected chi connectivity index (χ3v) is 2.57. The molecule has 0 saturated heterocycles. The number of carbonyl (C=O) groups is 2. The Morgan fingerprint density at radius 1 is 1.20 bits per heavy atom. The summed E-state index contributed by atoms with van der Waals surface area (Å²) in [6.07, 6.45) is 0.869. The van der Waals surface area contributed by atoms with Crippen molar-refractivity contribution in [3.8, 4) is 0 Å². The molecule has 15 heavy (non-hydrogen) atoms. The molecular formula is C11H20O4. The first-order valence-corrected chi connectivity index (χ1v) is 5.32. The number of rotatable bonds is 7. The standard InChI is InChI=1S/C11H20O4/c1-4-8(5-2)6-9(12)7-10(13)11(14)15-3/h8,10,13H,4-7H2,1-3H3. The zero-order valence-corrected chi connectivity index (χ0v) is 9.66. The van der Waals surface area contributed by atoms with Crippen molar-refractivity contribution in [1.29, 1.82) is 0 Å². The van der Waals surface area contributed by atoms with Gasteiger partial charge in [0, 0.05) is 12.8 Å². The molecule has 0 aliphatic rings. The van der Waals surface area contributed by atoms with E-state index in [9.17, 15) is 14.7 Å². The zero-order valence-electron chi connectivity index (χ0n) is 9.66. The maximum atomic E-state index is 11.4. The summed E-state index contributed by atoms with van der Waals surface area (Å²) in [6, 6.07) is 0. The topological polar surface area (TPSA) is 63.6 Å². The highest BCUT2D eigenvalue weighted by atomic mass is 16.5. The number of Topliss-reactive ketones (excluding diaryl/α,β-unsaturated/α-hetero) is 1. The number of hydrogen-bond acceptors (Lipinski definition) is 4. The largest absolute Gasteiger partial charge is 0.467 e. The molecule has 0 aromatic rings. The zero-order chi connectivity index (χ0) is 11.8. The van der Waals surface area contributed by atoms with Crippen LogP contribution in [0.5, 0.6) is 0 Å². The van der Waals surface area contributed by atoms with Crippen molar-refractivity contribution in [2.24, 2.45) is 5.92 Å². The summed E-state index contributed by atoms with van der Waals surface area (Å²) >= 11 is 0. The smallest absolute Gasteiger partial charge is 0.335 e. The van der Waals surface area contributed by atoms with Gasteiger partial charge in [-0.15, -0.1) is 0 Å². The van der Waals surface area contributed by atoms with Gasteiger partial charge in [0.1, 0.15) is 5.78 Å². The van der Waals surface area contributed by atoms with Gasteiger partial charge < -0.3 is 9.84 Å². The van der Waals surface area contributed by atoms with Crippen LogP contribution < -0.4 is 0 Å². The van der Waals surface area contributed by atoms with Gasteiger partial charge in [0.2, 0.25) is 0 Å². The van der Waals surface area contributed by atoms with Crippen molar-refractivity contribution in [2.75, 3.05) is 7.11 Å². The highest BCUT2D eigenvalue weighted by Gasteiger charge is 2.20. The molecule has 0 amide bonds. The lowest BCUT2D eigenvalue weighted by Gasteiger charge is -2.12. The van der Waals surface area contributed by atoms with Gasteiger partial charge in [-0.3, -0.25) is 4.79 Å². The molecule has 4 nitrogen and oxygen atoms in total. The van der Waals surface area contributed by atoms with Crippen LogP contribution >= 0.6 is 0 Å². The first-order valence-electron chi connectivity index (χ1n) is 5.32. The average Bonchev–Trinajstić information content (AvgIpc) is 2.24. The maximum Gasteiger partial charge on any atom is 0.335 e. The predicted octanol–water partition coefficient (Wildman–Crippen LogP) is 1.31. The van der Waals surface area contributed by atoms with E-state index in [1.807, 2.05) is 13.8 Å². The quantitative estimate of drug-likeness (QED) is 0.652. The summed E-state index contributed by atoms with van der Waals surface area (Å²) in [6.45, 7) is 4.05. The summed E-state index contributed by atoms with van der Waals surface area (Å²) in [5, 5.41) is 9.25. The van der Waals surface area contributed by atoms with Gasteiger partial charge >= 0.3 is 5.97 Å². The Kier molecular flexibility index (Phi) is 6.96. The van der Waals surface area contributed by atoms with Crippen LogP contribution in [-0.4, -0.2) is 30.1 Å². The number of esters is 1. The lowest BCUT2D eigenvalue weighted by Crippen LogP contribution is -2.25. The minimum absolute atomic E-state index is 0.0819. The van der Waals surface area contributed by atoms with E-state index in [0.717, 1.165) is 12.8 Å². The highest BCUT2D eigenvalue weighted by molar-refractivity contribution is 5.85. The van der Waals surface area contributed by atoms with E-state index in [-0.39, 0.29) is 12.2 Å². The second-order valence-corrected chi connectivity index (χ2v) is 3.67. The van der Waals surface area contributed by atoms with Crippen LogP contribution in [0.4, 0.5) is 0 Å². The van der Waals surface area contributed by atoms with Crippen molar-refractivity contribution in [2.45, 2.75) is 45.6 Å². The van der Waals surface area contributed by atoms with Crippen LogP contribution in [-0.2, 0) is 14.3 Å². The molecule has 0 rings (SSSR count). The van der Waals surface area contributed by atoms with E-state index in [4.69, 9.17) is 0 Å². The van der Waals surface area contributed by atoms with Crippen LogP contribution in [0.25, 0.3) is 0 Å². The van der Waals surface area contributed by atoms with Gasteiger partial charge in [-0.2, -0.15) is 0 Å². The van der Waals surface area contributed by atoms with Gasteiger partial charge in [-0.05, 0) is 5.92 Å². The van der Waals surface area contributed by atoms with Crippen LogP contribution in [0.2, 0.25) is 0 Å². The van der Waals surface area contributed by atoms with Gasteiger partial charge in [0.15, 0.2) is 6.10 Å². The molecule has 1 atom stereocenters. The summed E-state index contributed by atoms with van der Waals surface area (Å²) < 4.78 is 4.33. The fraction of sp³-hybridized carbons (Fsp3) is 0.818. The molecule has 0 heterocycles. The van der Waals surface area contributed by atoms with Crippen molar-refractivity contribution in [3.05, 3.63) is 0 Å². The number of ketones is 1. The molecule has 0 saturated carbocycles. The van der Waals surface area contributed by atoms with E-state index in [1.54, 1.807) is 0 Å². The monoisotopic (exact) mass is 216 g/mol. The molecule has 0 radical (unpaired) electrons. The Morgan fingerprint density at radius 3 is 2.13 bits per heavy atom. The SMILES string of the molecule is CCC(CC)CC(=O)CC(O)C(=O)OC. The molecule has 0 spiro atoms. The summed E-state index contributed by atoms with van der Waals surface area (Å²) in [7, 11) is 1.19. The fourth-order valence-electron chi connectivity index (χ4n) is 1.42. The van der Waals surface area contributed by atoms with Gasteiger partial charge in [0.25, 0.3) is 0 Å². The minimum atomic E-state index is -1.31. The molecular weight excluding hydrogens is 196 g/mol. The number of aliphatic hydroxyl groups is 1. The second-order valence-electron chi connectivity index (χ2n) is 3.67. The van der Waals surface area contributed by atoms with Crippen LogP contribution in [0, 0.1) is 5.92 Å². The summed E-state index contributed by atoms with van der Waals surface area (Å²) in [4.78, 5) is 22.3. The molecule has 0 aliphatic heterocycles. The number of carbonyl (C=O) groups excluding carboxylic acids is 2. The normalized spacial score (nSPS) is 12.6. The average molecular weight is 216 g/mol. The number of hydrogen-bond donors (Lipinski definition) is 1. The number of ether oxygens (including phenoxy) is 1. The molecule has 0 aliphatic carbocycles. The molecule has 0 aromatic heterocycles.